The molecule has 3 rings (SSSR count). The minimum Gasteiger partial charge on any atom is -0.406 e. The summed E-state index contributed by atoms with van der Waals surface area (Å²) in [5.41, 5.74) is 0.752. The van der Waals surface area contributed by atoms with Gasteiger partial charge in [-0.05, 0) is 23.8 Å². The molecular weight excluding hydrogens is 325 g/mol. The van der Waals surface area contributed by atoms with Gasteiger partial charge >= 0.3 is 6.36 Å². The maximum Gasteiger partial charge on any atom is 0.573 e. The Labute approximate surface area is 135 Å². The van der Waals surface area contributed by atoms with E-state index in [2.05, 4.69) is 15.2 Å². The summed E-state index contributed by atoms with van der Waals surface area (Å²) in [7, 11) is 0. The van der Waals surface area contributed by atoms with E-state index >= 15 is 0 Å². The van der Waals surface area contributed by atoms with Gasteiger partial charge < -0.3 is 15.0 Å². The van der Waals surface area contributed by atoms with Crippen LogP contribution in [0.4, 0.5) is 13.2 Å². The van der Waals surface area contributed by atoms with Crippen LogP contribution in [-0.2, 0) is 11.3 Å². The topological polar surface area (TPSA) is 59.4 Å². The molecule has 1 aromatic heterocycles. The third-order valence-electron chi connectivity index (χ3n) is 3.30. The molecule has 126 valence electrons. The van der Waals surface area contributed by atoms with E-state index in [0.717, 1.165) is 5.56 Å². The van der Waals surface area contributed by atoms with Gasteiger partial charge in [0, 0.05) is 31.2 Å². The second-order valence-corrected chi connectivity index (χ2v) is 5.05. The molecule has 0 bridgehead atoms. The van der Waals surface area contributed by atoms with Gasteiger partial charge in [-0.15, -0.1) is 13.2 Å². The number of hydrogen-bond donors (Lipinski definition) is 1. The number of hydrogen-bond acceptors (Lipinski definition) is 4. The highest BCUT2D eigenvalue weighted by molar-refractivity contribution is 5.88. The van der Waals surface area contributed by atoms with Crippen LogP contribution in [0, 0.1) is 0 Å². The average molecular weight is 338 g/mol. The van der Waals surface area contributed by atoms with Crippen LogP contribution in [0.15, 0.2) is 55.0 Å². The predicted molar refractivity (Wildman–Crippen MR) is 77.2 cm³/mol. The Morgan fingerprint density at radius 3 is 2.62 bits per heavy atom. The third-order valence-corrected chi connectivity index (χ3v) is 3.30. The molecule has 6 nitrogen and oxygen atoms in total. The minimum absolute atomic E-state index is 0.249. The van der Waals surface area contributed by atoms with Crippen LogP contribution in [0.2, 0.25) is 0 Å². The van der Waals surface area contributed by atoms with Gasteiger partial charge in [0.05, 0.1) is 0 Å². The standard InChI is InChI=1S/C15H13F3N4O2/c16-15(17,18)24-12-4-2-11(3-5-12)10-21-9-6-13(23)20-14(21)22-8-1-7-19-22/h1-9,14H,10H2,(H,20,23). The first kappa shape index (κ1) is 15.9. The van der Waals surface area contributed by atoms with Gasteiger partial charge in [0.15, 0.2) is 0 Å². The highest BCUT2D eigenvalue weighted by Crippen LogP contribution is 2.24. The Morgan fingerprint density at radius 1 is 1.25 bits per heavy atom. The van der Waals surface area contributed by atoms with Crippen molar-refractivity contribution < 1.29 is 22.7 Å². The molecule has 0 saturated heterocycles. The first-order valence-corrected chi connectivity index (χ1v) is 6.99. The summed E-state index contributed by atoms with van der Waals surface area (Å²) in [4.78, 5) is 13.4. The Balaban J connectivity index is 1.74. The first-order chi connectivity index (χ1) is 11.4. The summed E-state index contributed by atoms with van der Waals surface area (Å²) in [5.74, 6) is -0.530. The van der Waals surface area contributed by atoms with Crippen molar-refractivity contribution >= 4 is 5.91 Å². The fraction of sp³-hybridized carbons (Fsp3) is 0.200. The van der Waals surface area contributed by atoms with Crippen LogP contribution in [0.25, 0.3) is 0 Å². The lowest BCUT2D eigenvalue weighted by Crippen LogP contribution is -2.44. The van der Waals surface area contributed by atoms with Gasteiger partial charge in [0.25, 0.3) is 0 Å². The summed E-state index contributed by atoms with van der Waals surface area (Å²) in [6.07, 6.45) is 1.06. The van der Waals surface area contributed by atoms with Gasteiger partial charge in [0.2, 0.25) is 12.2 Å². The number of amides is 1. The molecule has 2 heterocycles. The highest BCUT2D eigenvalue weighted by atomic mass is 19.4. The van der Waals surface area contributed by atoms with Crippen molar-refractivity contribution in [3.05, 3.63) is 60.6 Å². The SMILES string of the molecule is O=C1C=CN(Cc2ccc(OC(F)(F)F)cc2)C(n2cccn2)N1. The Kier molecular flexibility index (Phi) is 4.15. The molecule has 1 aliphatic rings. The summed E-state index contributed by atoms with van der Waals surface area (Å²) >= 11 is 0. The van der Waals surface area contributed by atoms with E-state index in [1.807, 2.05) is 0 Å². The van der Waals surface area contributed by atoms with Gasteiger partial charge in [-0.2, -0.15) is 5.10 Å². The van der Waals surface area contributed by atoms with Crippen LogP contribution in [0.1, 0.15) is 11.9 Å². The van der Waals surface area contributed by atoms with E-state index in [1.54, 1.807) is 34.2 Å². The lowest BCUT2D eigenvalue weighted by molar-refractivity contribution is -0.274. The zero-order valence-corrected chi connectivity index (χ0v) is 12.3. The average Bonchev–Trinajstić information content (AvgIpc) is 3.04. The van der Waals surface area contributed by atoms with E-state index in [-0.39, 0.29) is 11.7 Å². The first-order valence-electron chi connectivity index (χ1n) is 6.99. The third kappa shape index (κ3) is 3.86. The molecule has 9 heteroatoms. The molecule has 1 aliphatic heterocycles. The van der Waals surface area contributed by atoms with Crippen LogP contribution >= 0.6 is 0 Å². The van der Waals surface area contributed by atoms with Crippen molar-refractivity contribution in [2.45, 2.75) is 19.2 Å². The van der Waals surface area contributed by atoms with E-state index in [4.69, 9.17) is 0 Å². The van der Waals surface area contributed by atoms with Gasteiger partial charge in [-0.25, -0.2) is 4.68 Å². The zero-order valence-electron chi connectivity index (χ0n) is 12.3. The van der Waals surface area contributed by atoms with Gasteiger partial charge in [-0.1, -0.05) is 12.1 Å². The number of rotatable bonds is 4. The number of nitrogens with one attached hydrogen (secondary N) is 1. The Morgan fingerprint density at radius 2 is 2.00 bits per heavy atom. The van der Waals surface area contributed by atoms with E-state index in [0.29, 0.717) is 6.54 Å². The number of alkyl halides is 3. The van der Waals surface area contributed by atoms with Crippen LogP contribution in [0.5, 0.6) is 5.75 Å². The monoisotopic (exact) mass is 338 g/mol. The van der Waals surface area contributed by atoms with Crippen molar-refractivity contribution in [3.8, 4) is 5.75 Å². The molecular formula is C15H13F3N4O2. The quantitative estimate of drug-likeness (QED) is 0.930. The van der Waals surface area contributed by atoms with Crippen molar-refractivity contribution in [2.75, 3.05) is 0 Å². The van der Waals surface area contributed by atoms with E-state index in [1.165, 1.54) is 30.3 Å². The molecule has 1 aromatic carbocycles. The van der Waals surface area contributed by atoms with Crippen molar-refractivity contribution in [1.82, 2.24) is 20.0 Å². The maximum atomic E-state index is 12.2. The van der Waals surface area contributed by atoms with Crippen LogP contribution in [-0.4, -0.2) is 26.9 Å². The normalized spacial score (nSPS) is 17.7. The molecule has 0 saturated carbocycles. The lowest BCUT2D eigenvalue weighted by Gasteiger charge is -2.33. The summed E-state index contributed by atoms with van der Waals surface area (Å²) in [6, 6.07) is 7.29. The number of ether oxygens (including phenoxy) is 1. The zero-order chi connectivity index (χ0) is 17.2. The Hall–Kier alpha value is -2.97. The minimum atomic E-state index is -4.72. The fourth-order valence-corrected chi connectivity index (χ4v) is 2.29. The highest BCUT2D eigenvalue weighted by Gasteiger charge is 2.31. The molecule has 1 amide bonds. The van der Waals surface area contributed by atoms with Gasteiger partial charge in [-0.3, -0.25) is 4.79 Å². The van der Waals surface area contributed by atoms with E-state index < -0.39 is 12.7 Å². The van der Waals surface area contributed by atoms with Crippen molar-refractivity contribution in [3.63, 3.8) is 0 Å². The van der Waals surface area contributed by atoms with E-state index in [9.17, 15) is 18.0 Å². The number of carbonyl (C=O) groups excluding carboxylic acids is 1. The van der Waals surface area contributed by atoms with Crippen molar-refractivity contribution in [1.29, 1.82) is 0 Å². The number of nitrogens with zero attached hydrogens (tertiary/aromatic N) is 3. The van der Waals surface area contributed by atoms with Gasteiger partial charge in [0.1, 0.15) is 5.75 Å². The number of halogens is 3. The summed E-state index contributed by atoms with van der Waals surface area (Å²) < 4.78 is 41.9. The Bertz CT molecular complexity index is 726. The second kappa shape index (κ2) is 6.26. The largest absolute Gasteiger partial charge is 0.573 e. The molecule has 2 aromatic rings. The van der Waals surface area contributed by atoms with Crippen LogP contribution in [0.3, 0.4) is 0 Å². The van der Waals surface area contributed by atoms with Crippen LogP contribution < -0.4 is 10.1 Å². The molecule has 0 fully saturated rings. The summed E-state index contributed by atoms with van der Waals surface area (Å²) in [5, 5.41) is 6.86. The smallest absolute Gasteiger partial charge is 0.406 e. The lowest BCUT2D eigenvalue weighted by atomic mass is 10.2. The maximum absolute atomic E-state index is 12.2. The fourth-order valence-electron chi connectivity index (χ4n) is 2.29. The molecule has 24 heavy (non-hydrogen) atoms. The predicted octanol–water partition coefficient (Wildman–Crippen LogP) is 2.38. The second-order valence-electron chi connectivity index (χ2n) is 5.05. The molecule has 1 N–H and O–H groups in total. The summed E-state index contributed by atoms with van der Waals surface area (Å²) in [6.45, 7) is 0.369. The number of carbonyl (C=O) groups is 1. The molecule has 1 atom stereocenters. The molecule has 0 radical (unpaired) electrons. The molecule has 0 spiro atoms. The number of aromatic nitrogens is 2. The number of benzene rings is 1. The molecule has 0 aliphatic carbocycles. The van der Waals surface area contributed by atoms with Crippen molar-refractivity contribution in [2.24, 2.45) is 0 Å². The molecule has 1 unspecified atom stereocenters.